The van der Waals surface area contributed by atoms with Crippen molar-refractivity contribution in [3.8, 4) is 11.5 Å². The first-order chi connectivity index (χ1) is 28.1. The zero-order valence-corrected chi connectivity index (χ0v) is 34.3. The molecule has 300 valence electrons. The zero-order chi connectivity index (χ0) is 39.3. The van der Waals surface area contributed by atoms with E-state index in [-0.39, 0.29) is 42.1 Å². The van der Waals surface area contributed by atoms with Gasteiger partial charge in [-0.05, 0) is 91.1 Å². The Kier molecular flexibility index (Phi) is 14.9. The number of ether oxygens (including phenoxy) is 3. The number of allylic oxidation sites excluding steroid dienone is 1. The summed E-state index contributed by atoms with van der Waals surface area (Å²) < 4.78 is 20.9. The van der Waals surface area contributed by atoms with Gasteiger partial charge in [-0.3, -0.25) is 0 Å². The van der Waals surface area contributed by atoms with Crippen LogP contribution in [0.25, 0.3) is 0 Å². The highest BCUT2D eigenvalue weighted by molar-refractivity contribution is 8.00. The van der Waals surface area contributed by atoms with Crippen molar-refractivity contribution in [3.63, 3.8) is 0 Å². The summed E-state index contributed by atoms with van der Waals surface area (Å²) in [7, 11) is 0. The van der Waals surface area contributed by atoms with Crippen LogP contribution in [0.1, 0.15) is 62.0 Å². The molecule has 0 spiro atoms. The molecule has 2 aliphatic carbocycles. The van der Waals surface area contributed by atoms with Crippen molar-refractivity contribution in [2.45, 2.75) is 78.3 Å². The average Bonchev–Trinajstić information content (AvgIpc) is 3.25. The fraction of sp³-hybridized carbons (Fsp3) is 0.396. The number of thioether (sulfide) groups is 2. The lowest BCUT2D eigenvalue weighted by Gasteiger charge is -2.58. The first kappa shape index (κ1) is 41.2. The molecule has 1 heterocycles. The number of fused-ring (bicyclic) bond motifs is 2. The highest BCUT2D eigenvalue weighted by Crippen LogP contribution is 2.63. The van der Waals surface area contributed by atoms with Crippen molar-refractivity contribution in [2.75, 3.05) is 32.2 Å². The summed E-state index contributed by atoms with van der Waals surface area (Å²) in [5.74, 6) is 1.62. The van der Waals surface area contributed by atoms with Gasteiger partial charge < -0.3 is 29.3 Å². The van der Waals surface area contributed by atoms with Gasteiger partial charge >= 0.3 is 0 Å². The molecule has 4 aromatic rings. The molecular formula is C48H55NO6S2. The van der Waals surface area contributed by atoms with Crippen LogP contribution in [0.15, 0.2) is 148 Å². The number of hydrogen-bond acceptors (Lipinski definition) is 9. The predicted molar refractivity (Wildman–Crippen MR) is 231 cm³/mol. The maximum Gasteiger partial charge on any atom is 0.231 e. The van der Waals surface area contributed by atoms with E-state index in [9.17, 15) is 10.2 Å². The molecule has 0 aromatic heterocycles. The Morgan fingerprint density at radius 1 is 0.842 bits per heavy atom. The Balaban J connectivity index is 1.33. The first-order valence-corrected chi connectivity index (χ1v) is 22.3. The highest BCUT2D eigenvalue weighted by atomic mass is 32.2. The molecule has 57 heavy (non-hydrogen) atoms. The van der Waals surface area contributed by atoms with Crippen molar-refractivity contribution in [1.29, 1.82) is 0 Å². The number of aliphatic hydroxyl groups is 2. The first-order valence-electron chi connectivity index (χ1n) is 20.4. The molecule has 1 fully saturated rings. The van der Waals surface area contributed by atoms with Crippen LogP contribution in [-0.4, -0.2) is 59.1 Å². The van der Waals surface area contributed by atoms with Crippen molar-refractivity contribution in [1.82, 2.24) is 0 Å². The lowest BCUT2D eigenvalue weighted by molar-refractivity contribution is -0.223. The number of oxime groups is 1. The number of benzene rings is 4. The summed E-state index contributed by atoms with van der Waals surface area (Å²) in [4.78, 5) is 8.56. The Morgan fingerprint density at radius 3 is 2.26 bits per heavy atom. The van der Waals surface area contributed by atoms with Gasteiger partial charge in [0, 0.05) is 46.7 Å². The zero-order valence-electron chi connectivity index (χ0n) is 32.6. The molecule has 0 amide bonds. The summed E-state index contributed by atoms with van der Waals surface area (Å²) in [5.41, 5.74) is 4.21. The third-order valence-electron chi connectivity index (χ3n) is 11.3. The predicted octanol–water partition coefficient (Wildman–Crippen LogP) is 10.5. The summed E-state index contributed by atoms with van der Waals surface area (Å²) in [6.45, 7) is 5.66. The Morgan fingerprint density at radius 2 is 1.54 bits per heavy atom. The van der Waals surface area contributed by atoms with Gasteiger partial charge in [0.1, 0.15) is 18.1 Å². The molecule has 0 radical (unpaired) electrons. The van der Waals surface area contributed by atoms with Gasteiger partial charge in [0.15, 0.2) is 0 Å². The fourth-order valence-corrected chi connectivity index (χ4v) is 10.8. The van der Waals surface area contributed by atoms with Gasteiger partial charge in [0.25, 0.3) is 0 Å². The lowest BCUT2D eigenvalue weighted by atomic mass is 9.56. The van der Waals surface area contributed by atoms with Crippen LogP contribution in [0.5, 0.6) is 11.5 Å². The van der Waals surface area contributed by atoms with Crippen LogP contribution in [0.4, 0.5) is 0 Å². The van der Waals surface area contributed by atoms with Gasteiger partial charge in [0.2, 0.25) is 5.79 Å². The van der Waals surface area contributed by atoms with Crippen molar-refractivity contribution in [2.24, 2.45) is 22.9 Å². The number of hydrogen-bond donors (Lipinski definition) is 2. The minimum absolute atomic E-state index is 0.00266. The molecule has 9 heteroatoms. The molecule has 7 nitrogen and oxygen atoms in total. The van der Waals surface area contributed by atoms with Crippen LogP contribution in [-0.2, 0) is 16.2 Å². The fourth-order valence-electron chi connectivity index (χ4n) is 8.77. The maximum absolute atomic E-state index is 9.94. The molecule has 3 aliphatic rings. The van der Waals surface area contributed by atoms with E-state index in [1.807, 2.05) is 42.5 Å². The normalized spacial score (nSPS) is 24.1. The van der Waals surface area contributed by atoms with E-state index < -0.39 is 5.79 Å². The molecule has 0 saturated heterocycles. The summed E-state index contributed by atoms with van der Waals surface area (Å²) in [6.07, 6.45) is 9.99. The lowest BCUT2D eigenvalue weighted by Crippen LogP contribution is -2.64. The van der Waals surface area contributed by atoms with Crippen LogP contribution in [0, 0.1) is 17.8 Å². The minimum atomic E-state index is -1.04. The Hall–Kier alpha value is -3.99. The van der Waals surface area contributed by atoms with Crippen LogP contribution >= 0.6 is 23.5 Å². The molecule has 7 rings (SSSR count). The number of unbranched alkanes of at least 4 members (excludes halogenated alkanes) is 2. The van der Waals surface area contributed by atoms with E-state index in [4.69, 9.17) is 24.2 Å². The van der Waals surface area contributed by atoms with Crippen LogP contribution in [0.3, 0.4) is 0 Å². The molecule has 1 aliphatic heterocycles. The van der Waals surface area contributed by atoms with Gasteiger partial charge in [0.05, 0.1) is 30.1 Å². The quantitative estimate of drug-likeness (QED) is 0.0373. The van der Waals surface area contributed by atoms with Gasteiger partial charge in [-0.2, -0.15) is 0 Å². The second kappa shape index (κ2) is 20.6. The number of rotatable bonds is 21. The molecule has 6 unspecified atom stereocenters. The monoisotopic (exact) mass is 805 g/mol. The van der Waals surface area contributed by atoms with E-state index in [1.165, 1.54) is 4.90 Å². The molecular weight excluding hydrogens is 751 g/mol. The van der Waals surface area contributed by atoms with Crippen molar-refractivity contribution >= 4 is 29.2 Å². The van der Waals surface area contributed by atoms with Gasteiger partial charge in [-0.25, -0.2) is 0 Å². The molecule has 1 saturated carbocycles. The SMILES string of the molecule is C=CCOC12Oc3ccc(OCCSc4ccccc4)cc3C3C(CCCCO)C(CCCCO)C=C(C(=NOCc4ccccc4)CC1Sc1ccccc1)C32. The number of nitrogens with zero attached hydrogens (tertiary/aromatic N) is 1. The molecule has 0 bridgehead atoms. The summed E-state index contributed by atoms with van der Waals surface area (Å²) in [5, 5.41) is 24.6. The topological polar surface area (TPSA) is 89.7 Å². The second-order valence-corrected chi connectivity index (χ2v) is 17.4. The van der Waals surface area contributed by atoms with Crippen molar-refractivity contribution in [3.05, 3.63) is 145 Å². The van der Waals surface area contributed by atoms with Crippen LogP contribution < -0.4 is 9.47 Å². The molecule has 2 N–H and O–H groups in total. The molecule has 4 aromatic carbocycles. The highest BCUT2D eigenvalue weighted by Gasteiger charge is 2.64. The Labute approximate surface area is 346 Å². The molecule has 6 atom stereocenters. The number of aliphatic hydroxyl groups excluding tert-OH is 2. The minimum Gasteiger partial charge on any atom is -0.493 e. The van der Waals surface area contributed by atoms with E-state index >= 15 is 0 Å². The average molecular weight is 806 g/mol. The van der Waals surface area contributed by atoms with Gasteiger partial charge in [-0.15, -0.1) is 30.1 Å². The van der Waals surface area contributed by atoms with Crippen LogP contribution in [0.2, 0.25) is 0 Å². The van der Waals surface area contributed by atoms with E-state index in [0.29, 0.717) is 26.2 Å². The largest absolute Gasteiger partial charge is 0.493 e. The second-order valence-electron chi connectivity index (χ2n) is 14.9. The standard InChI is InChI=1S/C48H55NO6S2/c1-2-28-53-48-45(57-39-21-10-5-11-22-39)33-43(49-54-34-35-16-6-3-7-17-35)41-31-36(18-12-14-26-50)40(23-13-15-27-51)46(47(41)48)42-32-37(24-25-44(42)55-48)52-29-30-56-38-19-8-4-9-20-38/h2-11,16-17,19-22,24-25,31-32,36,40,45-47,50-51H,1,12-15,18,23,26-30,33-34H2. The van der Waals surface area contributed by atoms with Crippen molar-refractivity contribution < 1.29 is 29.3 Å². The van der Waals surface area contributed by atoms with E-state index in [0.717, 1.165) is 83.1 Å². The maximum atomic E-state index is 9.94. The summed E-state index contributed by atoms with van der Waals surface area (Å²) >= 11 is 3.55. The third-order valence-corrected chi connectivity index (χ3v) is 13.6. The smallest absolute Gasteiger partial charge is 0.231 e. The third kappa shape index (κ3) is 10.0. The summed E-state index contributed by atoms with van der Waals surface area (Å²) in [6, 6.07) is 37.3. The van der Waals surface area contributed by atoms with Gasteiger partial charge in [-0.1, -0.05) is 96.9 Å². The van der Waals surface area contributed by atoms with E-state index in [2.05, 4.69) is 85.5 Å². The Bertz CT molecular complexity index is 1930. The van der Waals surface area contributed by atoms with E-state index in [1.54, 1.807) is 23.5 Å².